The minimum atomic E-state index is -0.470. The van der Waals surface area contributed by atoms with E-state index in [4.69, 9.17) is 13.9 Å². The first kappa shape index (κ1) is 19.7. The van der Waals surface area contributed by atoms with Gasteiger partial charge in [-0.05, 0) is 37.1 Å². The van der Waals surface area contributed by atoms with Crippen molar-refractivity contribution in [1.82, 2.24) is 10.2 Å². The molecule has 3 rings (SSSR count). The lowest BCUT2D eigenvalue weighted by Gasteiger charge is -2.07. The van der Waals surface area contributed by atoms with Crippen LogP contribution in [0.4, 0.5) is 5.69 Å². The second-order valence-electron chi connectivity index (χ2n) is 5.94. The summed E-state index contributed by atoms with van der Waals surface area (Å²) in [5.41, 5.74) is 2.09. The molecular weight excluding hydrogens is 382 g/mol. The monoisotopic (exact) mass is 401 g/mol. The smallest absolute Gasteiger partial charge is 0.310 e. The Morgan fingerprint density at radius 1 is 1.11 bits per heavy atom. The van der Waals surface area contributed by atoms with E-state index in [9.17, 15) is 10.1 Å². The Kier molecular flexibility index (Phi) is 6.49. The standard InChI is InChI=1S/C19H19N3O5S/c1-13-7-8-14(2)17(11-13)26-12-18-20-21-19(27-18)28-10-9-25-16-6-4-3-5-15(16)22(23)24/h3-8,11H,9-10,12H2,1-2H3. The topological polar surface area (TPSA) is 101 Å². The van der Waals surface area contributed by atoms with Crippen molar-refractivity contribution in [2.24, 2.45) is 0 Å². The zero-order valence-corrected chi connectivity index (χ0v) is 16.3. The van der Waals surface area contributed by atoms with Gasteiger partial charge in [0.2, 0.25) is 0 Å². The van der Waals surface area contributed by atoms with Crippen LogP contribution in [0.25, 0.3) is 0 Å². The molecule has 0 radical (unpaired) electrons. The van der Waals surface area contributed by atoms with E-state index in [2.05, 4.69) is 10.2 Å². The van der Waals surface area contributed by atoms with Gasteiger partial charge in [-0.3, -0.25) is 10.1 Å². The fraction of sp³-hybridized carbons (Fsp3) is 0.263. The molecule has 2 aromatic carbocycles. The van der Waals surface area contributed by atoms with Crippen molar-refractivity contribution in [3.05, 3.63) is 69.6 Å². The van der Waals surface area contributed by atoms with E-state index in [1.54, 1.807) is 18.2 Å². The van der Waals surface area contributed by atoms with Crippen LogP contribution < -0.4 is 9.47 Å². The molecule has 0 unspecified atom stereocenters. The Labute approximate surface area is 166 Å². The molecule has 0 bridgehead atoms. The molecule has 0 atom stereocenters. The lowest BCUT2D eigenvalue weighted by molar-refractivity contribution is -0.385. The molecule has 3 aromatic rings. The molecule has 0 aliphatic rings. The maximum absolute atomic E-state index is 11.0. The molecule has 8 nitrogen and oxygen atoms in total. The van der Waals surface area contributed by atoms with Crippen LogP contribution in [0.2, 0.25) is 0 Å². The van der Waals surface area contributed by atoms with Gasteiger partial charge in [-0.25, -0.2) is 0 Å². The summed E-state index contributed by atoms with van der Waals surface area (Å²) in [6.45, 7) is 4.43. The molecule has 0 aliphatic carbocycles. The van der Waals surface area contributed by atoms with Gasteiger partial charge in [0.05, 0.1) is 11.5 Å². The minimum Gasteiger partial charge on any atom is -0.486 e. The van der Waals surface area contributed by atoms with Crippen molar-refractivity contribution >= 4 is 17.4 Å². The number of aryl methyl sites for hydroxylation is 2. The number of ether oxygens (including phenoxy) is 2. The van der Waals surface area contributed by atoms with Gasteiger partial charge in [-0.2, -0.15) is 0 Å². The van der Waals surface area contributed by atoms with Gasteiger partial charge in [0.25, 0.3) is 11.1 Å². The number of rotatable bonds is 9. The van der Waals surface area contributed by atoms with Gasteiger partial charge in [0, 0.05) is 11.8 Å². The van der Waals surface area contributed by atoms with Crippen LogP contribution in [-0.2, 0) is 6.61 Å². The number of benzene rings is 2. The molecule has 1 aromatic heterocycles. The predicted molar refractivity (Wildman–Crippen MR) is 104 cm³/mol. The second-order valence-corrected chi connectivity index (χ2v) is 6.99. The highest BCUT2D eigenvalue weighted by Crippen LogP contribution is 2.26. The molecule has 1 heterocycles. The minimum absolute atomic E-state index is 0.0591. The first-order chi connectivity index (χ1) is 13.5. The maximum Gasteiger partial charge on any atom is 0.310 e. The summed E-state index contributed by atoms with van der Waals surface area (Å²) < 4.78 is 16.8. The lowest BCUT2D eigenvalue weighted by atomic mass is 10.1. The van der Waals surface area contributed by atoms with Crippen molar-refractivity contribution in [3.63, 3.8) is 0 Å². The molecule has 28 heavy (non-hydrogen) atoms. The zero-order chi connectivity index (χ0) is 19.9. The lowest BCUT2D eigenvalue weighted by Crippen LogP contribution is -2.02. The molecule has 0 amide bonds. The number of nitrogens with zero attached hydrogens (tertiary/aromatic N) is 3. The van der Waals surface area contributed by atoms with Gasteiger partial charge in [-0.1, -0.05) is 36.0 Å². The quantitative estimate of drug-likeness (QED) is 0.226. The molecule has 9 heteroatoms. The molecule has 0 saturated carbocycles. The average Bonchev–Trinajstić information content (AvgIpc) is 3.14. The van der Waals surface area contributed by atoms with Crippen molar-refractivity contribution in [1.29, 1.82) is 0 Å². The predicted octanol–water partition coefficient (Wildman–Crippen LogP) is 4.34. The third kappa shape index (κ3) is 5.23. The molecular formula is C19H19N3O5S. The van der Waals surface area contributed by atoms with E-state index in [0.29, 0.717) is 16.9 Å². The Morgan fingerprint density at radius 3 is 2.75 bits per heavy atom. The zero-order valence-electron chi connectivity index (χ0n) is 15.5. The van der Waals surface area contributed by atoms with Crippen molar-refractivity contribution < 1.29 is 18.8 Å². The maximum atomic E-state index is 11.0. The molecule has 0 aliphatic heterocycles. The number of hydrogen-bond donors (Lipinski definition) is 0. The van der Waals surface area contributed by atoms with Gasteiger partial charge in [0.1, 0.15) is 5.75 Å². The molecule has 0 fully saturated rings. The molecule has 146 valence electrons. The third-order valence-corrected chi connectivity index (χ3v) is 4.55. The highest BCUT2D eigenvalue weighted by Gasteiger charge is 2.14. The van der Waals surface area contributed by atoms with Crippen LogP contribution in [0.15, 0.2) is 52.1 Å². The summed E-state index contributed by atoms with van der Waals surface area (Å²) >= 11 is 1.31. The summed E-state index contributed by atoms with van der Waals surface area (Å²) in [6, 6.07) is 12.2. The third-order valence-electron chi connectivity index (χ3n) is 3.77. The van der Waals surface area contributed by atoms with Crippen molar-refractivity contribution in [2.75, 3.05) is 12.4 Å². The fourth-order valence-electron chi connectivity index (χ4n) is 2.37. The van der Waals surface area contributed by atoms with Crippen LogP contribution in [0.3, 0.4) is 0 Å². The van der Waals surface area contributed by atoms with E-state index in [-0.39, 0.29) is 24.7 Å². The number of thioether (sulfide) groups is 1. The second kappa shape index (κ2) is 9.23. The SMILES string of the molecule is Cc1ccc(C)c(OCc2nnc(SCCOc3ccccc3[N+](=O)[O-])o2)c1. The highest BCUT2D eigenvalue weighted by atomic mass is 32.2. The normalized spacial score (nSPS) is 10.6. The molecule has 0 spiro atoms. The van der Waals surface area contributed by atoms with Crippen molar-refractivity contribution in [2.45, 2.75) is 25.7 Å². The van der Waals surface area contributed by atoms with E-state index in [1.807, 2.05) is 32.0 Å². The van der Waals surface area contributed by atoms with Gasteiger partial charge in [0.15, 0.2) is 12.4 Å². The van der Waals surface area contributed by atoms with Gasteiger partial charge in [-0.15, -0.1) is 10.2 Å². The summed E-state index contributed by atoms with van der Waals surface area (Å²) in [6.07, 6.45) is 0. The summed E-state index contributed by atoms with van der Waals surface area (Å²) in [5, 5.41) is 19.3. The Hall–Kier alpha value is -3.07. The number of aromatic nitrogens is 2. The Bertz CT molecular complexity index is 960. The van der Waals surface area contributed by atoms with E-state index in [1.165, 1.54) is 17.8 Å². The van der Waals surface area contributed by atoms with Gasteiger partial charge < -0.3 is 13.9 Å². The van der Waals surface area contributed by atoms with Crippen molar-refractivity contribution in [3.8, 4) is 11.5 Å². The van der Waals surface area contributed by atoms with E-state index >= 15 is 0 Å². The summed E-state index contributed by atoms with van der Waals surface area (Å²) in [7, 11) is 0. The highest BCUT2D eigenvalue weighted by molar-refractivity contribution is 7.99. The number of hydrogen-bond acceptors (Lipinski definition) is 8. The van der Waals surface area contributed by atoms with Crippen LogP contribution in [-0.4, -0.2) is 27.5 Å². The Morgan fingerprint density at radius 2 is 1.93 bits per heavy atom. The summed E-state index contributed by atoms with van der Waals surface area (Å²) in [5.74, 6) is 1.90. The van der Waals surface area contributed by atoms with Crippen LogP contribution in [0.1, 0.15) is 17.0 Å². The van der Waals surface area contributed by atoms with Crippen LogP contribution >= 0.6 is 11.8 Å². The van der Waals surface area contributed by atoms with Gasteiger partial charge >= 0.3 is 5.69 Å². The summed E-state index contributed by atoms with van der Waals surface area (Å²) in [4.78, 5) is 10.5. The molecule has 0 saturated heterocycles. The first-order valence-electron chi connectivity index (χ1n) is 8.54. The average molecular weight is 401 g/mol. The Balaban J connectivity index is 1.46. The number of nitro groups is 1. The van der Waals surface area contributed by atoms with Crippen LogP contribution in [0.5, 0.6) is 11.5 Å². The van der Waals surface area contributed by atoms with E-state index in [0.717, 1.165) is 16.9 Å². The first-order valence-corrected chi connectivity index (χ1v) is 9.53. The molecule has 0 N–H and O–H groups in total. The number of para-hydroxylation sites is 2. The van der Waals surface area contributed by atoms with Crippen LogP contribution in [0, 0.1) is 24.0 Å². The fourth-order valence-corrected chi connectivity index (χ4v) is 2.96. The largest absolute Gasteiger partial charge is 0.486 e. The number of nitro benzene ring substituents is 1. The van der Waals surface area contributed by atoms with E-state index < -0.39 is 4.92 Å².